The van der Waals surface area contributed by atoms with Crippen molar-refractivity contribution in [2.45, 2.75) is 39.3 Å². The molecule has 5 rings (SSSR count). The molecule has 2 aromatic carbocycles. The van der Waals surface area contributed by atoms with Gasteiger partial charge in [-0.3, -0.25) is 4.90 Å². The zero-order valence-corrected chi connectivity index (χ0v) is 17.5. The maximum atomic E-state index is 14.8. The molecule has 0 atom stereocenters. The number of nitriles is 1. The smallest absolute Gasteiger partial charge is 0.141 e. The fraction of sp³-hybridized carbons (Fsp3) is 0.360. The zero-order valence-electron chi connectivity index (χ0n) is 17.5. The molecule has 0 N–H and O–H groups in total. The number of nitrogens with zero attached hydrogens (tertiary/aromatic N) is 4. The fourth-order valence-corrected chi connectivity index (χ4v) is 4.80. The van der Waals surface area contributed by atoms with Crippen LogP contribution in [0.4, 0.5) is 8.78 Å². The molecule has 6 heteroatoms. The Hall–Kier alpha value is -3.04. The maximum absolute atomic E-state index is 14.8. The number of aryl methyl sites for hydroxylation is 2. The summed E-state index contributed by atoms with van der Waals surface area (Å²) in [6.07, 6.45) is 2.59. The first-order valence-corrected chi connectivity index (χ1v) is 10.8. The minimum atomic E-state index is -0.594. The van der Waals surface area contributed by atoms with Gasteiger partial charge in [0.1, 0.15) is 17.5 Å². The summed E-state index contributed by atoms with van der Waals surface area (Å²) < 4.78 is 30.5. The van der Waals surface area contributed by atoms with Gasteiger partial charge in [0.2, 0.25) is 0 Å². The first-order chi connectivity index (χ1) is 15.0. The van der Waals surface area contributed by atoms with Gasteiger partial charge >= 0.3 is 0 Å². The molecular formula is C25H24F2N4. The number of rotatable bonds is 3. The molecule has 4 nitrogen and oxygen atoms in total. The van der Waals surface area contributed by atoms with E-state index in [1.165, 1.54) is 23.3 Å². The van der Waals surface area contributed by atoms with Gasteiger partial charge in [-0.2, -0.15) is 5.26 Å². The number of piperidine rings is 1. The van der Waals surface area contributed by atoms with E-state index in [9.17, 15) is 14.0 Å². The van der Waals surface area contributed by atoms with E-state index in [1.807, 2.05) is 0 Å². The number of benzene rings is 2. The Morgan fingerprint density at radius 2 is 1.84 bits per heavy atom. The number of likely N-dealkylation sites (tertiary alicyclic amines) is 1. The van der Waals surface area contributed by atoms with Crippen molar-refractivity contribution >= 4 is 0 Å². The molecule has 0 radical (unpaired) electrons. The van der Waals surface area contributed by atoms with Crippen LogP contribution in [-0.4, -0.2) is 27.5 Å². The lowest BCUT2D eigenvalue weighted by molar-refractivity contribution is 0.194. The Balaban J connectivity index is 1.60. The predicted octanol–water partition coefficient (Wildman–Crippen LogP) is 5.10. The van der Waals surface area contributed by atoms with Gasteiger partial charge in [0.25, 0.3) is 0 Å². The zero-order chi connectivity index (χ0) is 21.5. The summed E-state index contributed by atoms with van der Waals surface area (Å²) in [5.41, 5.74) is 5.42. The molecule has 1 saturated heterocycles. The molecule has 0 bridgehead atoms. The molecule has 0 spiro atoms. The van der Waals surface area contributed by atoms with E-state index in [0.29, 0.717) is 17.8 Å². The summed E-state index contributed by atoms with van der Waals surface area (Å²) in [6.45, 7) is 5.17. The van der Waals surface area contributed by atoms with Gasteiger partial charge in [-0.1, -0.05) is 23.8 Å². The van der Waals surface area contributed by atoms with E-state index < -0.39 is 11.6 Å². The van der Waals surface area contributed by atoms with Gasteiger partial charge in [-0.05, 0) is 57.0 Å². The van der Waals surface area contributed by atoms with Crippen molar-refractivity contribution in [3.05, 3.63) is 64.9 Å². The molecule has 2 aliphatic heterocycles. The number of imidazole rings is 1. The SMILES string of the molecule is Cc1ccc2c(c1)CCn1c-2nc(-c2ccc(F)cc2F)c1CN1CCC(C#N)CC1. The number of hydrogen-bond acceptors (Lipinski definition) is 3. The van der Waals surface area contributed by atoms with Gasteiger partial charge in [0, 0.05) is 36.2 Å². The third-order valence-electron chi connectivity index (χ3n) is 6.51. The van der Waals surface area contributed by atoms with E-state index in [-0.39, 0.29) is 5.92 Å². The van der Waals surface area contributed by atoms with Crippen LogP contribution in [0.25, 0.3) is 22.6 Å². The lowest BCUT2D eigenvalue weighted by Crippen LogP contribution is -2.33. The first kappa shape index (κ1) is 19.9. The lowest BCUT2D eigenvalue weighted by Gasteiger charge is -2.30. The molecule has 0 amide bonds. The topological polar surface area (TPSA) is 44.9 Å². The van der Waals surface area contributed by atoms with Crippen molar-refractivity contribution in [3.8, 4) is 28.7 Å². The Bertz CT molecular complexity index is 1180. The number of fused-ring (bicyclic) bond motifs is 3. The molecule has 2 aliphatic rings. The molecule has 0 aliphatic carbocycles. The van der Waals surface area contributed by atoms with E-state index in [2.05, 4.69) is 40.7 Å². The summed E-state index contributed by atoms with van der Waals surface area (Å²) in [5.74, 6) is -0.225. The number of aromatic nitrogens is 2. The highest BCUT2D eigenvalue weighted by Crippen LogP contribution is 2.37. The Labute approximate surface area is 180 Å². The second kappa shape index (κ2) is 7.90. The summed E-state index contributed by atoms with van der Waals surface area (Å²) in [4.78, 5) is 7.21. The highest BCUT2D eigenvalue weighted by molar-refractivity contribution is 5.71. The number of hydrogen-bond donors (Lipinski definition) is 0. The Morgan fingerprint density at radius 3 is 2.58 bits per heavy atom. The Morgan fingerprint density at radius 1 is 1.06 bits per heavy atom. The molecule has 3 aromatic rings. The lowest BCUT2D eigenvalue weighted by atomic mass is 9.97. The monoisotopic (exact) mass is 418 g/mol. The van der Waals surface area contributed by atoms with Gasteiger partial charge in [-0.25, -0.2) is 13.8 Å². The normalized spacial score (nSPS) is 16.6. The van der Waals surface area contributed by atoms with Gasteiger partial charge in [0.15, 0.2) is 0 Å². The average Bonchev–Trinajstić information content (AvgIpc) is 3.12. The highest BCUT2D eigenvalue weighted by atomic mass is 19.1. The van der Waals surface area contributed by atoms with E-state index >= 15 is 0 Å². The Kier molecular flexibility index (Phi) is 5.07. The molecular weight excluding hydrogens is 394 g/mol. The highest BCUT2D eigenvalue weighted by Gasteiger charge is 2.28. The summed E-state index contributed by atoms with van der Waals surface area (Å²) in [5, 5.41) is 9.20. The fourth-order valence-electron chi connectivity index (χ4n) is 4.80. The van der Waals surface area contributed by atoms with Crippen LogP contribution in [0.15, 0.2) is 36.4 Å². The van der Waals surface area contributed by atoms with Crippen LogP contribution < -0.4 is 0 Å². The average molecular weight is 418 g/mol. The minimum Gasteiger partial charge on any atom is -0.326 e. The van der Waals surface area contributed by atoms with E-state index in [1.54, 1.807) is 0 Å². The van der Waals surface area contributed by atoms with Crippen LogP contribution in [0.2, 0.25) is 0 Å². The van der Waals surface area contributed by atoms with Crippen LogP contribution in [0.3, 0.4) is 0 Å². The minimum absolute atomic E-state index is 0.111. The molecule has 1 aromatic heterocycles. The van der Waals surface area contributed by atoms with E-state index in [0.717, 1.165) is 62.0 Å². The van der Waals surface area contributed by atoms with E-state index in [4.69, 9.17) is 4.98 Å². The van der Waals surface area contributed by atoms with Crippen molar-refractivity contribution in [1.29, 1.82) is 5.26 Å². The van der Waals surface area contributed by atoms with Crippen molar-refractivity contribution < 1.29 is 8.78 Å². The molecule has 0 saturated carbocycles. The molecule has 158 valence electrons. The summed E-state index contributed by atoms with van der Waals surface area (Å²) in [7, 11) is 0. The van der Waals surface area contributed by atoms with Crippen molar-refractivity contribution in [2.24, 2.45) is 5.92 Å². The standard InChI is InChI=1S/C25H24F2N4/c1-16-2-4-20-18(12-16)8-11-31-23(15-30-9-6-17(14-28)7-10-30)24(29-25(20)31)21-5-3-19(26)13-22(21)27/h2-5,12-13,17H,6-11,15H2,1H3. The third kappa shape index (κ3) is 3.64. The largest absolute Gasteiger partial charge is 0.326 e. The van der Waals surface area contributed by atoms with Gasteiger partial charge in [-0.15, -0.1) is 0 Å². The summed E-state index contributed by atoms with van der Waals surface area (Å²) in [6, 6.07) is 12.4. The van der Waals surface area contributed by atoms with Crippen LogP contribution >= 0.6 is 0 Å². The molecule has 1 fully saturated rings. The van der Waals surface area contributed by atoms with Crippen molar-refractivity contribution in [1.82, 2.24) is 14.5 Å². The molecule has 31 heavy (non-hydrogen) atoms. The predicted molar refractivity (Wildman–Crippen MR) is 115 cm³/mol. The van der Waals surface area contributed by atoms with Crippen LogP contribution in [-0.2, 0) is 19.5 Å². The second-order valence-corrected chi connectivity index (χ2v) is 8.60. The van der Waals surface area contributed by atoms with Crippen LogP contribution in [0.1, 0.15) is 29.7 Å². The third-order valence-corrected chi connectivity index (χ3v) is 6.51. The second-order valence-electron chi connectivity index (χ2n) is 8.60. The van der Waals surface area contributed by atoms with Crippen molar-refractivity contribution in [2.75, 3.05) is 13.1 Å². The first-order valence-electron chi connectivity index (χ1n) is 10.8. The quantitative estimate of drug-likeness (QED) is 0.595. The van der Waals surface area contributed by atoms with Gasteiger partial charge in [0.05, 0.1) is 17.5 Å². The van der Waals surface area contributed by atoms with Crippen molar-refractivity contribution in [3.63, 3.8) is 0 Å². The van der Waals surface area contributed by atoms with Gasteiger partial charge < -0.3 is 4.57 Å². The summed E-state index contributed by atoms with van der Waals surface area (Å²) >= 11 is 0. The molecule has 3 heterocycles. The molecule has 0 unspecified atom stereocenters. The van der Waals surface area contributed by atoms with Crippen LogP contribution in [0.5, 0.6) is 0 Å². The van der Waals surface area contributed by atoms with Crippen LogP contribution in [0, 0.1) is 35.8 Å². The maximum Gasteiger partial charge on any atom is 0.141 e. The number of halogens is 2.